The number of carbonyl (C=O) groups excluding carboxylic acids is 1. The average Bonchev–Trinajstić information content (AvgIpc) is 3.35. The predicted molar refractivity (Wildman–Crippen MR) is 160 cm³/mol. The van der Waals surface area contributed by atoms with E-state index in [9.17, 15) is 14.7 Å². The van der Waals surface area contributed by atoms with Crippen LogP contribution in [0.4, 0.5) is 10.5 Å². The van der Waals surface area contributed by atoms with Gasteiger partial charge in [0.15, 0.2) is 0 Å². The van der Waals surface area contributed by atoms with E-state index >= 15 is 0 Å². The number of carboxylic acid groups (broad SMARTS) is 1. The summed E-state index contributed by atoms with van der Waals surface area (Å²) >= 11 is 11.2. The summed E-state index contributed by atoms with van der Waals surface area (Å²) in [7, 11) is 0. The van der Waals surface area contributed by atoms with Gasteiger partial charge in [0.25, 0.3) is 0 Å². The first-order valence-corrected chi connectivity index (χ1v) is 15.1. The highest BCUT2D eigenvalue weighted by molar-refractivity contribution is 7.32. The number of carbonyl (C=O) groups is 2. The van der Waals surface area contributed by atoms with Crippen LogP contribution in [0.1, 0.15) is 42.7 Å². The van der Waals surface area contributed by atoms with Crippen LogP contribution in [-0.2, 0) is 14.9 Å². The predicted octanol–water partition coefficient (Wildman–Crippen LogP) is 9.14. The van der Waals surface area contributed by atoms with Gasteiger partial charge in [-0.3, -0.25) is 10.1 Å². The maximum atomic E-state index is 12.7. The standard InChI is InChI=1S/C29H23ClN2O4S3/c1-15-25(31-28(35)36-16(2)17-6-4-3-5-7-17)26(39-32-15)24-14-23-22(38-24)13-21(37-23)19-9-8-18(12-20(19)30)29(10-11-29)27(33)34/h3-9,12-14,16H,10-11H2,1-2H3,(H,31,35)(H,33,34). The number of thiophene rings is 2. The topological polar surface area (TPSA) is 88.5 Å². The summed E-state index contributed by atoms with van der Waals surface area (Å²) in [6, 6.07) is 19.4. The van der Waals surface area contributed by atoms with E-state index in [-0.39, 0.29) is 6.10 Å². The van der Waals surface area contributed by atoms with Gasteiger partial charge in [0, 0.05) is 24.9 Å². The van der Waals surface area contributed by atoms with Gasteiger partial charge in [0.05, 0.1) is 26.6 Å². The van der Waals surface area contributed by atoms with Crippen LogP contribution in [0, 0.1) is 6.92 Å². The minimum absolute atomic E-state index is 0.383. The number of aryl methyl sites for hydroxylation is 1. The maximum Gasteiger partial charge on any atom is 0.412 e. The number of amides is 1. The van der Waals surface area contributed by atoms with Crippen LogP contribution in [-0.4, -0.2) is 21.5 Å². The number of halogens is 1. The zero-order chi connectivity index (χ0) is 27.3. The number of nitrogens with one attached hydrogen (secondary N) is 1. The number of anilines is 1. The van der Waals surface area contributed by atoms with Gasteiger partial charge < -0.3 is 9.84 Å². The van der Waals surface area contributed by atoms with Gasteiger partial charge in [0.2, 0.25) is 0 Å². The highest BCUT2D eigenvalue weighted by atomic mass is 35.5. The Morgan fingerprint density at radius 2 is 1.74 bits per heavy atom. The molecule has 2 aromatic carbocycles. The number of benzene rings is 2. The normalized spacial score (nSPS) is 14.7. The number of ether oxygens (including phenoxy) is 1. The van der Waals surface area contributed by atoms with E-state index in [4.69, 9.17) is 16.3 Å². The molecule has 1 amide bonds. The van der Waals surface area contributed by atoms with Crippen molar-refractivity contribution in [1.29, 1.82) is 0 Å². The lowest BCUT2D eigenvalue weighted by Crippen LogP contribution is -2.19. The van der Waals surface area contributed by atoms with Crippen LogP contribution in [0.15, 0.2) is 60.7 Å². The van der Waals surface area contributed by atoms with E-state index in [0.29, 0.717) is 23.6 Å². The number of aromatic nitrogens is 1. The average molecular weight is 595 g/mol. The summed E-state index contributed by atoms with van der Waals surface area (Å²) in [5.41, 5.74) is 3.19. The molecule has 1 aliphatic rings. The molecule has 2 N–H and O–H groups in total. The smallest absolute Gasteiger partial charge is 0.412 e. The van der Waals surface area contributed by atoms with Crippen LogP contribution < -0.4 is 5.32 Å². The maximum absolute atomic E-state index is 12.7. The minimum Gasteiger partial charge on any atom is -0.481 e. The van der Waals surface area contributed by atoms with Crippen molar-refractivity contribution >= 4 is 73.0 Å². The first-order valence-electron chi connectivity index (χ1n) is 12.3. The summed E-state index contributed by atoms with van der Waals surface area (Å²) in [6.45, 7) is 3.71. The van der Waals surface area contributed by atoms with E-state index in [1.807, 2.05) is 56.3 Å². The van der Waals surface area contributed by atoms with Gasteiger partial charge in [-0.05, 0) is 67.5 Å². The number of nitrogens with zero attached hydrogens (tertiary/aromatic N) is 1. The van der Waals surface area contributed by atoms with E-state index in [1.165, 1.54) is 11.5 Å². The van der Waals surface area contributed by atoms with E-state index in [2.05, 4.69) is 21.8 Å². The Hall–Kier alpha value is -3.24. The Balaban J connectivity index is 1.22. The first kappa shape index (κ1) is 26.0. The van der Waals surface area contributed by atoms with Gasteiger partial charge in [-0.2, -0.15) is 4.37 Å². The largest absolute Gasteiger partial charge is 0.481 e. The Labute approximate surface area is 242 Å². The Morgan fingerprint density at radius 3 is 2.41 bits per heavy atom. The number of aliphatic carboxylic acids is 1. The molecule has 5 aromatic rings. The summed E-state index contributed by atoms with van der Waals surface area (Å²) in [4.78, 5) is 27.3. The van der Waals surface area contributed by atoms with E-state index in [1.54, 1.807) is 28.7 Å². The molecule has 0 bridgehead atoms. The Kier molecular flexibility index (Phi) is 6.71. The molecule has 0 spiro atoms. The van der Waals surface area contributed by atoms with Gasteiger partial charge in [-0.25, -0.2) is 4.79 Å². The zero-order valence-electron chi connectivity index (χ0n) is 21.0. The molecule has 0 saturated heterocycles. The number of hydrogen-bond donors (Lipinski definition) is 2. The molecule has 3 heterocycles. The molecule has 1 saturated carbocycles. The van der Waals surface area contributed by atoms with Crippen LogP contribution in [0.2, 0.25) is 5.02 Å². The fourth-order valence-corrected chi connectivity index (χ4v) is 8.33. The molecule has 198 valence electrons. The van der Waals surface area contributed by atoms with Crippen molar-refractivity contribution in [1.82, 2.24) is 4.37 Å². The molecule has 6 rings (SSSR count). The molecule has 0 radical (unpaired) electrons. The first-order chi connectivity index (χ1) is 18.7. The van der Waals surface area contributed by atoms with Crippen molar-refractivity contribution in [2.24, 2.45) is 0 Å². The van der Waals surface area contributed by atoms with Gasteiger partial charge in [-0.15, -0.1) is 22.7 Å². The highest BCUT2D eigenvalue weighted by Crippen LogP contribution is 2.51. The second-order valence-electron chi connectivity index (χ2n) is 9.59. The van der Waals surface area contributed by atoms with Gasteiger partial charge >= 0.3 is 12.1 Å². The molecule has 3 aromatic heterocycles. The van der Waals surface area contributed by atoms with Crippen molar-refractivity contribution in [3.05, 3.63) is 82.5 Å². The van der Waals surface area contributed by atoms with Crippen molar-refractivity contribution in [3.63, 3.8) is 0 Å². The lowest BCUT2D eigenvalue weighted by molar-refractivity contribution is -0.140. The van der Waals surface area contributed by atoms with Crippen molar-refractivity contribution in [3.8, 4) is 20.2 Å². The molecule has 39 heavy (non-hydrogen) atoms. The molecule has 1 fully saturated rings. The monoisotopic (exact) mass is 594 g/mol. The van der Waals surface area contributed by atoms with E-state index in [0.717, 1.165) is 46.4 Å². The third kappa shape index (κ3) is 4.84. The van der Waals surface area contributed by atoms with E-state index < -0.39 is 17.5 Å². The Morgan fingerprint density at radius 1 is 1.05 bits per heavy atom. The van der Waals surface area contributed by atoms with Crippen LogP contribution in [0.25, 0.3) is 29.6 Å². The fraction of sp³-hybridized carbons (Fsp3) is 0.207. The lowest BCUT2D eigenvalue weighted by atomic mass is 9.95. The highest BCUT2D eigenvalue weighted by Gasteiger charge is 2.51. The summed E-state index contributed by atoms with van der Waals surface area (Å²) in [5.74, 6) is -0.790. The zero-order valence-corrected chi connectivity index (χ0v) is 24.2. The van der Waals surface area contributed by atoms with Gasteiger partial charge in [0.1, 0.15) is 6.10 Å². The molecule has 0 aliphatic heterocycles. The van der Waals surface area contributed by atoms with Crippen LogP contribution in [0.3, 0.4) is 0 Å². The molecule has 1 aliphatic carbocycles. The summed E-state index contributed by atoms with van der Waals surface area (Å²) in [5, 5.41) is 13.1. The second kappa shape index (κ2) is 10.1. The summed E-state index contributed by atoms with van der Waals surface area (Å²) in [6.07, 6.45) is 0.387. The minimum atomic E-state index is -0.790. The van der Waals surface area contributed by atoms with Crippen molar-refractivity contribution in [2.75, 3.05) is 5.32 Å². The molecule has 6 nitrogen and oxygen atoms in total. The number of carboxylic acids is 1. The van der Waals surface area contributed by atoms with Crippen molar-refractivity contribution in [2.45, 2.75) is 38.2 Å². The number of hydrogen-bond acceptors (Lipinski definition) is 7. The second-order valence-corrected chi connectivity index (χ2v) is 12.9. The quantitative estimate of drug-likeness (QED) is 0.196. The number of rotatable bonds is 7. The Bertz CT molecular complexity index is 1690. The molecular weight excluding hydrogens is 572 g/mol. The van der Waals surface area contributed by atoms with Crippen LogP contribution in [0.5, 0.6) is 0 Å². The summed E-state index contributed by atoms with van der Waals surface area (Å²) < 4.78 is 12.3. The fourth-order valence-electron chi connectivity index (χ4n) is 4.61. The molecule has 1 atom stereocenters. The molecule has 10 heteroatoms. The molecule has 1 unspecified atom stereocenters. The SMILES string of the molecule is Cc1nsc(-c2cc3sc(-c4ccc(C5(C(=O)O)CC5)cc4Cl)cc3s2)c1NC(=O)OC(C)c1ccccc1. The van der Waals surface area contributed by atoms with Crippen LogP contribution >= 0.6 is 45.8 Å². The lowest BCUT2D eigenvalue weighted by Gasteiger charge is -2.14. The van der Waals surface area contributed by atoms with Gasteiger partial charge in [-0.1, -0.05) is 54.1 Å². The third-order valence-electron chi connectivity index (χ3n) is 7.02. The van der Waals surface area contributed by atoms with Crippen molar-refractivity contribution < 1.29 is 19.4 Å². The third-order valence-corrected chi connectivity index (χ3v) is 10.8. The number of fused-ring (bicyclic) bond motifs is 1. The molecular formula is C29H23ClN2O4S3.